The van der Waals surface area contributed by atoms with Crippen molar-refractivity contribution in [3.8, 4) is 11.5 Å². The molecule has 1 aromatic rings. The summed E-state index contributed by atoms with van der Waals surface area (Å²) < 4.78 is 20.0. The molecule has 7 heteroatoms. The highest BCUT2D eigenvalue weighted by Gasteiger charge is 2.59. The van der Waals surface area contributed by atoms with Gasteiger partial charge in [-0.15, -0.1) is 0 Å². The zero-order valence-electron chi connectivity index (χ0n) is 11.8. The van der Waals surface area contributed by atoms with Gasteiger partial charge in [0.2, 0.25) is 0 Å². The van der Waals surface area contributed by atoms with Crippen LogP contribution in [0.25, 0.3) is 0 Å². The molecule has 0 unspecified atom stereocenters. The lowest BCUT2D eigenvalue weighted by atomic mass is 10.1. The molecular weight excluding hydrogens is 344 g/mol. The Hall–Kier alpha value is -1.76. The van der Waals surface area contributed by atoms with Crippen LogP contribution >= 0.6 is 15.9 Å². The Kier molecular flexibility index (Phi) is 4.41. The smallest absolute Gasteiger partial charge is 0.453 e. The zero-order chi connectivity index (χ0) is 15.6. The van der Waals surface area contributed by atoms with Gasteiger partial charge in [-0.2, -0.15) is 0 Å². The highest BCUT2D eigenvalue weighted by atomic mass is 79.9. The molecule has 0 radical (unpaired) electrons. The minimum absolute atomic E-state index is 0.281. The normalized spacial score (nSPS) is 16.2. The molecule has 1 aliphatic rings. The maximum Gasteiger partial charge on any atom is 0.453 e. The molecule has 1 aromatic carbocycles. The van der Waals surface area contributed by atoms with Gasteiger partial charge in [0, 0.05) is 4.83 Å². The molecule has 0 saturated carbocycles. The van der Waals surface area contributed by atoms with Gasteiger partial charge in [-0.1, -0.05) is 28.9 Å². The molecule has 2 rings (SSSR count). The van der Waals surface area contributed by atoms with Crippen LogP contribution in [0.2, 0.25) is 0 Å². The van der Waals surface area contributed by atoms with Crippen molar-refractivity contribution in [3.63, 3.8) is 0 Å². The summed E-state index contributed by atoms with van der Waals surface area (Å²) in [7, 11) is 2.28. The van der Waals surface area contributed by atoms with E-state index >= 15 is 0 Å². The van der Waals surface area contributed by atoms with Gasteiger partial charge in [0.15, 0.2) is 11.5 Å². The summed E-state index contributed by atoms with van der Waals surface area (Å²) in [4.78, 5) is 24.1. The Morgan fingerprint density at radius 2 is 1.76 bits per heavy atom. The van der Waals surface area contributed by atoms with Crippen LogP contribution in [0.15, 0.2) is 18.2 Å². The van der Waals surface area contributed by atoms with E-state index in [0.29, 0.717) is 5.75 Å². The number of hydrogen-bond donors (Lipinski definition) is 0. The number of methoxy groups -OCH3 is 2. The van der Waals surface area contributed by atoms with Crippen molar-refractivity contribution < 1.29 is 28.5 Å². The number of hydrogen-bond acceptors (Lipinski definition) is 6. The van der Waals surface area contributed by atoms with Crippen LogP contribution in [0.1, 0.15) is 12.5 Å². The van der Waals surface area contributed by atoms with Crippen LogP contribution in [-0.2, 0) is 25.5 Å². The van der Waals surface area contributed by atoms with Crippen molar-refractivity contribution in [2.45, 2.75) is 24.0 Å². The fourth-order valence-electron chi connectivity index (χ4n) is 2.02. The van der Waals surface area contributed by atoms with E-state index in [-0.39, 0.29) is 10.6 Å². The average Bonchev–Trinajstić information content (AvgIpc) is 2.84. The number of halogens is 1. The number of benzene rings is 1. The van der Waals surface area contributed by atoms with E-state index in [1.54, 1.807) is 12.1 Å². The molecule has 0 aliphatic carbocycles. The summed E-state index contributed by atoms with van der Waals surface area (Å²) >= 11 is 3.46. The average molecular weight is 359 g/mol. The van der Waals surface area contributed by atoms with Crippen LogP contribution in [0, 0.1) is 0 Å². The van der Waals surface area contributed by atoms with Crippen LogP contribution in [-0.4, -0.2) is 36.8 Å². The summed E-state index contributed by atoms with van der Waals surface area (Å²) in [6.45, 7) is 2.01. The predicted molar refractivity (Wildman–Crippen MR) is 76.6 cm³/mol. The van der Waals surface area contributed by atoms with Gasteiger partial charge in [-0.25, -0.2) is 9.59 Å². The first-order valence-electron chi connectivity index (χ1n) is 6.24. The second kappa shape index (κ2) is 5.93. The molecule has 0 aromatic heterocycles. The number of carbonyl (C=O) groups excluding carboxylic acids is 2. The lowest BCUT2D eigenvalue weighted by molar-refractivity contribution is -0.199. The van der Waals surface area contributed by atoms with E-state index in [1.165, 1.54) is 0 Å². The molecule has 1 aliphatic heterocycles. The Bertz CT molecular complexity index is 553. The largest absolute Gasteiger partial charge is 0.463 e. The summed E-state index contributed by atoms with van der Waals surface area (Å²) in [5.41, 5.74) is 0.979. The summed E-state index contributed by atoms with van der Waals surface area (Å²) in [6, 6.07) is 5.21. The summed E-state index contributed by atoms with van der Waals surface area (Å²) in [6.07, 6.45) is 0.764. The van der Waals surface area contributed by atoms with Gasteiger partial charge >= 0.3 is 17.7 Å². The third-order valence-electron chi connectivity index (χ3n) is 2.94. The van der Waals surface area contributed by atoms with Crippen LogP contribution in [0.5, 0.6) is 11.5 Å². The number of rotatable bonds is 4. The molecule has 0 fully saturated rings. The number of carbonyl (C=O) groups is 2. The molecule has 0 spiro atoms. The molecule has 0 N–H and O–H groups in total. The molecule has 0 amide bonds. The number of ether oxygens (including phenoxy) is 4. The van der Waals surface area contributed by atoms with E-state index in [4.69, 9.17) is 9.47 Å². The Morgan fingerprint density at radius 1 is 1.19 bits per heavy atom. The molecule has 114 valence electrons. The van der Waals surface area contributed by atoms with Crippen LogP contribution in [0.3, 0.4) is 0 Å². The third kappa shape index (κ3) is 2.83. The summed E-state index contributed by atoms with van der Waals surface area (Å²) in [5.74, 6) is -3.58. The lowest BCUT2D eigenvalue weighted by Gasteiger charge is -2.21. The highest BCUT2D eigenvalue weighted by molar-refractivity contribution is 9.09. The van der Waals surface area contributed by atoms with Gasteiger partial charge < -0.3 is 18.9 Å². The standard InChI is InChI=1S/C14H15BrO6/c1-8(15)6-9-4-5-10-11(7-9)21-14(20-10,12(16)18-2)13(17)19-3/h4-5,7-8H,6H2,1-3H3/t8-/m0/s1. The minimum atomic E-state index is -2.23. The van der Waals surface area contributed by atoms with Crippen molar-refractivity contribution in [2.75, 3.05) is 14.2 Å². The highest BCUT2D eigenvalue weighted by Crippen LogP contribution is 2.41. The molecule has 6 nitrogen and oxygen atoms in total. The van der Waals surface area contributed by atoms with Gasteiger partial charge in [0.05, 0.1) is 14.2 Å². The monoisotopic (exact) mass is 358 g/mol. The second-order valence-electron chi connectivity index (χ2n) is 4.57. The van der Waals surface area contributed by atoms with Crippen LogP contribution in [0.4, 0.5) is 0 Å². The first-order valence-corrected chi connectivity index (χ1v) is 7.16. The fourth-order valence-corrected chi connectivity index (χ4v) is 2.39. The van der Waals surface area contributed by atoms with E-state index in [9.17, 15) is 9.59 Å². The molecule has 21 heavy (non-hydrogen) atoms. The van der Waals surface area contributed by atoms with Crippen molar-refractivity contribution in [2.24, 2.45) is 0 Å². The number of alkyl halides is 1. The molecule has 1 heterocycles. The van der Waals surface area contributed by atoms with E-state index in [2.05, 4.69) is 25.4 Å². The SMILES string of the molecule is COC(=O)C1(C(=O)OC)Oc2ccc(C[C@H](C)Br)cc2O1. The third-order valence-corrected chi connectivity index (χ3v) is 3.26. The first kappa shape index (κ1) is 15.6. The number of fused-ring (bicyclic) bond motifs is 1. The van der Waals surface area contributed by atoms with Gasteiger partial charge in [0.1, 0.15) is 0 Å². The minimum Gasteiger partial charge on any atom is -0.463 e. The lowest BCUT2D eigenvalue weighted by Crippen LogP contribution is -2.55. The predicted octanol–water partition coefficient (Wildman–Crippen LogP) is 1.83. The van der Waals surface area contributed by atoms with Crippen molar-refractivity contribution in [1.29, 1.82) is 0 Å². The zero-order valence-corrected chi connectivity index (χ0v) is 13.4. The quantitative estimate of drug-likeness (QED) is 0.464. The van der Waals surface area contributed by atoms with Crippen LogP contribution < -0.4 is 9.47 Å². The molecule has 0 bridgehead atoms. The van der Waals surface area contributed by atoms with Crippen molar-refractivity contribution >= 4 is 27.9 Å². The maximum absolute atomic E-state index is 11.9. The van der Waals surface area contributed by atoms with Gasteiger partial charge in [0.25, 0.3) is 0 Å². The van der Waals surface area contributed by atoms with Crippen molar-refractivity contribution in [3.05, 3.63) is 23.8 Å². The van der Waals surface area contributed by atoms with Crippen molar-refractivity contribution in [1.82, 2.24) is 0 Å². The first-order chi connectivity index (χ1) is 9.92. The molecule has 0 saturated heterocycles. The molecule has 1 atom stereocenters. The van der Waals surface area contributed by atoms with E-state index in [0.717, 1.165) is 26.2 Å². The topological polar surface area (TPSA) is 71.1 Å². The van der Waals surface area contributed by atoms with Gasteiger partial charge in [-0.05, 0) is 24.1 Å². The van der Waals surface area contributed by atoms with E-state index < -0.39 is 17.7 Å². The van der Waals surface area contributed by atoms with E-state index in [1.807, 2.05) is 13.0 Å². The Balaban J connectivity index is 2.35. The number of esters is 2. The second-order valence-corrected chi connectivity index (χ2v) is 6.13. The summed E-state index contributed by atoms with van der Waals surface area (Å²) in [5, 5.41) is 0. The van der Waals surface area contributed by atoms with Gasteiger partial charge in [-0.3, -0.25) is 0 Å². The fraction of sp³-hybridized carbons (Fsp3) is 0.429. The molecular formula is C14H15BrO6. The Morgan fingerprint density at radius 3 is 2.29 bits per heavy atom. The Labute approximate surface area is 130 Å². The maximum atomic E-state index is 11.9.